The van der Waals surface area contributed by atoms with E-state index >= 15 is 0 Å². The van der Waals surface area contributed by atoms with Crippen molar-refractivity contribution in [3.63, 3.8) is 0 Å². The van der Waals surface area contributed by atoms with Crippen LogP contribution in [0.5, 0.6) is 0 Å². The van der Waals surface area contributed by atoms with E-state index in [1.54, 1.807) is 0 Å². The summed E-state index contributed by atoms with van der Waals surface area (Å²) in [5.41, 5.74) is 1.62. The van der Waals surface area contributed by atoms with Crippen molar-refractivity contribution in [1.82, 2.24) is 20.2 Å². The number of rotatable bonds is 11. The van der Waals surface area contributed by atoms with Gasteiger partial charge in [0, 0.05) is 31.3 Å². The summed E-state index contributed by atoms with van der Waals surface area (Å²) in [5.74, 6) is -0.362. The van der Waals surface area contributed by atoms with Crippen LogP contribution in [0, 0.1) is 18.7 Å². The van der Waals surface area contributed by atoms with E-state index in [0.717, 1.165) is 31.2 Å². The fourth-order valence-corrected chi connectivity index (χ4v) is 4.98. The van der Waals surface area contributed by atoms with Gasteiger partial charge in [0.15, 0.2) is 11.6 Å². The number of carbonyl (C=O) groups is 3. The average molecular weight is 501 g/mol. The number of Topliss-reactive ketones (excluding diaryl/α,β-unsaturated/α-hetero) is 1. The third kappa shape index (κ3) is 7.14. The van der Waals surface area contributed by atoms with E-state index in [4.69, 9.17) is 0 Å². The minimum absolute atomic E-state index is 0.0383. The topological polar surface area (TPSA) is 95.2 Å². The SMILES string of the molecule is CC[C@H]1CCCCN1C(=O)C[C@H](NC(=O)CCC(C)C)C(=O)C[C@@H](C)c1nc2c(F)cc(C)cc2[nH]1. The summed E-state index contributed by atoms with van der Waals surface area (Å²) in [5, 5.41) is 2.85. The van der Waals surface area contributed by atoms with Crippen molar-refractivity contribution in [2.45, 2.75) is 104 Å². The zero-order valence-corrected chi connectivity index (χ0v) is 22.3. The Balaban J connectivity index is 1.74. The molecule has 2 amide bonds. The van der Waals surface area contributed by atoms with Gasteiger partial charge in [0.1, 0.15) is 11.3 Å². The number of halogens is 1. The normalized spacial score (nSPS) is 17.9. The van der Waals surface area contributed by atoms with E-state index in [-0.39, 0.29) is 47.9 Å². The van der Waals surface area contributed by atoms with Gasteiger partial charge in [-0.2, -0.15) is 0 Å². The van der Waals surface area contributed by atoms with Crippen LogP contribution in [0.1, 0.15) is 96.4 Å². The summed E-state index contributed by atoms with van der Waals surface area (Å²) in [4.78, 5) is 48.7. The minimum Gasteiger partial charge on any atom is -0.346 e. The van der Waals surface area contributed by atoms with Gasteiger partial charge in [0.2, 0.25) is 11.8 Å². The number of carbonyl (C=O) groups excluding carboxylic acids is 3. The Morgan fingerprint density at radius 1 is 1.19 bits per heavy atom. The molecule has 0 saturated carbocycles. The van der Waals surface area contributed by atoms with Crippen LogP contribution in [0.4, 0.5) is 4.39 Å². The highest BCUT2D eigenvalue weighted by atomic mass is 19.1. The lowest BCUT2D eigenvalue weighted by molar-refractivity contribution is -0.138. The lowest BCUT2D eigenvalue weighted by Gasteiger charge is -2.36. The predicted molar refractivity (Wildman–Crippen MR) is 139 cm³/mol. The standard InChI is InChI=1S/C28H41FN4O3/c1-6-20-9-7-8-12-33(20)26(36)16-22(30-25(35)11-10-17(2)3)24(34)15-19(5)28-31-23-14-18(4)13-21(29)27(23)32-28/h13-14,17,19-20,22H,6-12,15-16H2,1-5H3,(H,30,35)(H,31,32)/t19-,20+,22+/m1/s1. The molecule has 2 heterocycles. The number of aromatic nitrogens is 2. The molecule has 1 fully saturated rings. The Kier molecular flexibility index (Phi) is 9.63. The second kappa shape index (κ2) is 12.5. The van der Waals surface area contributed by atoms with Crippen molar-refractivity contribution in [1.29, 1.82) is 0 Å². The van der Waals surface area contributed by atoms with Crippen LogP contribution in [0.15, 0.2) is 12.1 Å². The van der Waals surface area contributed by atoms with Gasteiger partial charge in [-0.1, -0.05) is 27.7 Å². The molecule has 3 atom stereocenters. The number of hydrogen-bond donors (Lipinski definition) is 2. The number of amides is 2. The van der Waals surface area contributed by atoms with Crippen molar-refractivity contribution >= 4 is 28.6 Å². The first-order chi connectivity index (χ1) is 17.1. The number of hydrogen-bond acceptors (Lipinski definition) is 4. The largest absolute Gasteiger partial charge is 0.346 e. The van der Waals surface area contributed by atoms with Crippen molar-refractivity contribution in [2.24, 2.45) is 5.92 Å². The summed E-state index contributed by atoms with van der Waals surface area (Å²) in [6.45, 7) is 10.5. The molecular formula is C28H41FN4O3. The number of aryl methyl sites for hydroxylation is 1. The second-order valence-electron chi connectivity index (χ2n) is 10.7. The molecule has 198 valence electrons. The first-order valence-corrected chi connectivity index (χ1v) is 13.4. The summed E-state index contributed by atoms with van der Waals surface area (Å²) in [6, 6.07) is 2.55. The summed E-state index contributed by atoms with van der Waals surface area (Å²) in [7, 11) is 0. The number of fused-ring (bicyclic) bond motifs is 1. The fourth-order valence-electron chi connectivity index (χ4n) is 4.98. The highest BCUT2D eigenvalue weighted by Gasteiger charge is 2.31. The third-order valence-corrected chi connectivity index (χ3v) is 7.15. The molecule has 2 aromatic rings. The van der Waals surface area contributed by atoms with Gasteiger partial charge in [0.05, 0.1) is 18.0 Å². The van der Waals surface area contributed by atoms with E-state index < -0.39 is 11.9 Å². The molecule has 0 aliphatic carbocycles. The molecule has 2 N–H and O–H groups in total. The highest BCUT2D eigenvalue weighted by molar-refractivity contribution is 5.93. The van der Waals surface area contributed by atoms with Gasteiger partial charge < -0.3 is 15.2 Å². The number of imidazole rings is 1. The van der Waals surface area contributed by atoms with Gasteiger partial charge in [-0.15, -0.1) is 0 Å². The molecule has 1 aromatic carbocycles. The van der Waals surface area contributed by atoms with Crippen molar-refractivity contribution in [2.75, 3.05) is 6.54 Å². The second-order valence-corrected chi connectivity index (χ2v) is 10.7. The third-order valence-electron chi connectivity index (χ3n) is 7.15. The van der Waals surface area contributed by atoms with E-state index in [0.29, 0.717) is 36.6 Å². The Morgan fingerprint density at radius 2 is 1.94 bits per heavy atom. The molecule has 1 aliphatic rings. The maximum absolute atomic E-state index is 14.3. The Bertz CT molecular complexity index is 1080. The number of likely N-dealkylation sites (tertiary alicyclic amines) is 1. The molecule has 1 saturated heterocycles. The number of piperidine rings is 1. The number of H-pyrrole nitrogens is 1. The van der Waals surface area contributed by atoms with Crippen LogP contribution in [0.3, 0.4) is 0 Å². The molecule has 7 nitrogen and oxygen atoms in total. The average Bonchev–Trinajstić information content (AvgIpc) is 3.26. The molecule has 3 rings (SSSR count). The molecule has 0 unspecified atom stereocenters. The first-order valence-electron chi connectivity index (χ1n) is 13.4. The van der Waals surface area contributed by atoms with Crippen molar-refractivity contribution < 1.29 is 18.8 Å². The van der Waals surface area contributed by atoms with Crippen molar-refractivity contribution in [3.8, 4) is 0 Å². The van der Waals surface area contributed by atoms with Crippen LogP contribution < -0.4 is 5.32 Å². The number of benzene rings is 1. The molecular weight excluding hydrogens is 459 g/mol. The zero-order chi connectivity index (χ0) is 26.4. The number of nitrogens with one attached hydrogen (secondary N) is 2. The lowest BCUT2D eigenvalue weighted by atomic mass is 9.95. The molecule has 8 heteroatoms. The van der Waals surface area contributed by atoms with E-state index in [9.17, 15) is 18.8 Å². The van der Waals surface area contributed by atoms with E-state index in [2.05, 4.69) is 22.2 Å². The summed E-state index contributed by atoms with van der Waals surface area (Å²) >= 11 is 0. The van der Waals surface area contributed by atoms with Gasteiger partial charge in [-0.3, -0.25) is 14.4 Å². The van der Waals surface area contributed by atoms with Crippen molar-refractivity contribution in [3.05, 3.63) is 29.3 Å². The molecule has 1 aliphatic heterocycles. The number of aromatic amines is 1. The van der Waals surface area contributed by atoms with Gasteiger partial charge >= 0.3 is 0 Å². The number of nitrogens with zero attached hydrogens (tertiary/aromatic N) is 2. The van der Waals surface area contributed by atoms with E-state index in [1.807, 2.05) is 38.7 Å². The molecule has 0 radical (unpaired) electrons. The van der Waals surface area contributed by atoms with Gasteiger partial charge in [0.25, 0.3) is 0 Å². The fraction of sp³-hybridized carbons (Fsp3) is 0.643. The van der Waals surface area contributed by atoms with E-state index in [1.165, 1.54) is 6.07 Å². The van der Waals surface area contributed by atoms with Gasteiger partial charge in [-0.25, -0.2) is 9.37 Å². The Morgan fingerprint density at radius 3 is 2.64 bits per heavy atom. The Labute approximate surface area is 213 Å². The van der Waals surface area contributed by atoms with Crippen LogP contribution in [-0.4, -0.2) is 51.1 Å². The predicted octanol–water partition coefficient (Wildman–Crippen LogP) is 5.18. The molecule has 1 aromatic heterocycles. The van der Waals surface area contributed by atoms with Crippen LogP contribution in [0.2, 0.25) is 0 Å². The molecule has 0 bridgehead atoms. The highest BCUT2D eigenvalue weighted by Crippen LogP contribution is 2.25. The molecule has 36 heavy (non-hydrogen) atoms. The smallest absolute Gasteiger partial charge is 0.225 e. The van der Waals surface area contributed by atoms with Crippen LogP contribution in [0.25, 0.3) is 11.0 Å². The monoisotopic (exact) mass is 500 g/mol. The Hall–Kier alpha value is -2.77. The minimum atomic E-state index is -0.887. The van der Waals surface area contributed by atoms with Crippen LogP contribution in [-0.2, 0) is 14.4 Å². The summed E-state index contributed by atoms with van der Waals surface area (Å²) < 4.78 is 14.3. The zero-order valence-electron chi connectivity index (χ0n) is 22.3. The summed E-state index contributed by atoms with van der Waals surface area (Å²) in [6.07, 6.45) is 4.99. The number of ketones is 1. The lowest BCUT2D eigenvalue weighted by Crippen LogP contribution is -2.49. The van der Waals surface area contributed by atoms with Crippen LogP contribution >= 0.6 is 0 Å². The molecule has 0 spiro atoms. The maximum atomic E-state index is 14.3. The maximum Gasteiger partial charge on any atom is 0.225 e. The first kappa shape index (κ1) is 27.8. The van der Waals surface area contributed by atoms with Gasteiger partial charge in [-0.05, 0) is 62.6 Å². The quantitative estimate of drug-likeness (QED) is 0.445.